The van der Waals surface area contributed by atoms with Gasteiger partial charge in [0, 0.05) is 16.7 Å². The summed E-state index contributed by atoms with van der Waals surface area (Å²) in [6.45, 7) is 3.13. The van der Waals surface area contributed by atoms with Crippen molar-refractivity contribution in [2.45, 2.75) is 20.0 Å². The molecule has 0 saturated carbocycles. The molecule has 0 amide bonds. The minimum absolute atomic E-state index is 0.248. The van der Waals surface area contributed by atoms with Gasteiger partial charge in [-0.1, -0.05) is 24.3 Å². The number of anilines is 1. The molecule has 0 saturated heterocycles. The van der Waals surface area contributed by atoms with Crippen molar-refractivity contribution in [3.05, 3.63) is 85.1 Å². The van der Waals surface area contributed by atoms with E-state index in [1.807, 2.05) is 66.4 Å². The zero-order valence-corrected chi connectivity index (χ0v) is 20.3. The second-order valence-corrected chi connectivity index (χ2v) is 8.58. The van der Waals surface area contributed by atoms with Crippen molar-refractivity contribution in [2.75, 3.05) is 19.1 Å². The topological polar surface area (TPSA) is 21.7 Å². The highest BCUT2D eigenvalue weighted by Crippen LogP contribution is 2.34. The van der Waals surface area contributed by atoms with Crippen LogP contribution in [0.2, 0.25) is 0 Å². The van der Waals surface area contributed by atoms with Crippen molar-refractivity contribution in [3.8, 4) is 11.5 Å². The van der Waals surface area contributed by atoms with Gasteiger partial charge in [-0.2, -0.15) is 0 Å². The number of hydrogen-bond donors (Lipinski definition) is 0. The minimum Gasteiger partial charge on any atom is -0.497 e. The lowest BCUT2D eigenvalue weighted by Crippen LogP contribution is -2.23. The largest absolute Gasteiger partial charge is 0.497 e. The van der Waals surface area contributed by atoms with Gasteiger partial charge in [-0.15, -0.1) is 0 Å². The number of rotatable bonds is 7. The maximum Gasteiger partial charge on any atom is 0.161 e. The molecule has 0 spiro atoms. The summed E-state index contributed by atoms with van der Waals surface area (Å²) in [6.07, 6.45) is 0. The van der Waals surface area contributed by atoms with E-state index in [0.717, 1.165) is 31.8 Å². The van der Waals surface area contributed by atoms with Crippen LogP contribution in [0.25, 0.3) is 0 Å². The average molecular weight is 570 g/mol. The summed E-state index contributed by atoms with van der Waals surface area (Å²) >= 11 is 5.58. The molecule has 0 aliphatic rings. The zero-order chi connectivity index (χ0) is 21.0. The summed E-state index contributed by atoms with van der Waals surface area (Å²) in [5.41, 5.74) is 3.75. The van der Waals surface area contributed by atoms with Gasteiger partial charge in [0.15, 0.2) is 5.82 Å². The van der Waals surface area contributed by atoms with Crippen molar-refractivity contribution in [1.29, 1.82) is 0 Å². The maximum atomic E-state index is 15.2. The Morgan fingerprint density at radius 1 is 0.897 bits per heavy atom. The second-order valence-electron chi connectivity index (χ2n) is 6.71. The predicted octanol–water partition coefficient (Wildman–Crippen LogP) is 6.73. The third-order valence-corrected chi connectivity index (χ3v) is 7.59. The molecule has 29 heavy (non-hydrogen) atoms. The lowest BCUT2D eigenvalue weighted by Gasteiger charge is -2.27. The molecule has 0 heterocycles. The molecular formula is C23H22BrFINO2. The van der Waals surface area contributed by atoms with Crippen LogP contribution < -0.4 is 14.4 Å². The van der Waals surface area contributed by atoms with Gasteiger partial charge < -0.3 is 14.4 Å². The van der Waals surface area contributed by atoms with Crippen LogP contribution in [0.4, 0.5) is 10.1 Å². The van der Waals surface area contributed by atoms with Crippen LogP contribution in [0.1, 0.15) is 16.7 Å². The molecule has 0 atom stereocenters. The molecule has 0 aliphatic heterocycles. The highest BCUT2D eigenvalue weighted by Gasteiger charge is 2.19. The Morgan fingerprint density at radius 2 is 1.34 bits per heavy atom. The molecule has 0 radical (unpaired) electrons. The first-order valence-electron chi connectivity index (χ1n) is 9.07. The van der Waals surface area contributed by atoms with Crippen molar-refractivity contribution < 1.29 is 13.9 Å². The molecule has 0 aliphatic carbocycles. The van der Waals surface area contributed by atoms with Crippen LogP contribution in [0.15, 0.2) is 59.1 Å². The summed E-state index contributed by atoms with van der Waals surface area (Å²) < 4.78 is 27.1. The highest BCUT2D eigenvalue weighted by molar-refractivity contribution is 14.1. The summed E-state index contributed by atoms with van der Waals surface area (Å²) in [6, 6.07) is 17.6. The van der Waals surface area contributed by atoms with Gasteiger partial charge >= 0.3 is 0 Å². The summed E-state index contributed by atoms with van der Waals surface area (Å²) in [7, 11) is 3.29. The predicted molar refractivity (Wildman–Crippen MR) is 127 cm³/mol. The summed E-state index contributed by atoms with van der Waals surface area (Å²) in [4.78, 5) is 2.05. The van der Waals surface area contributed by atoms with Gasteiger partial charge in [0.1, 0.15) is 11.5 Å². The van der Waals surface area contributed by atoms with Crippen molar-refractivity contribution >= 4 is 44.2 Å². The normalized spacial score (nSPS) is 10.7. The third kappa shape index (κ3) is 5.22. The Labute approximate surface area is 193 Å². The SMILES string of the molecule is COc1ccc(CN(Cc2ccc(OC)cc2)c2cc(C)c(I)c(Br)c2F)cc1. The molecule has 6 heteroatoms. The third-order valence-electron chi connectivity index (χ3n) is 4.72. The summed E-state index contributed by atoms with van der Waals surface area (Å²) in [5.74, 6) is 1.35. The van der Waals surface area contributed by atoms with E-state index >= 15 is 4.39 Å². The first kappa shape index (κ1) is 21.9. The maximum absolute atomic E-state index is 15.2. The second kappa shape index (κ2) is 9.80. The van der Waals surface area contributed by atoms with Crippen LogP contribution in [0, 0.1) is 16.3 Å². The fraction of sp³-hybridized carbons (Fsp3) is 0.217. The highest BCUT2D eigenvalue weighted by atomic mass is 127. The standard InChI is InChI=1S/C23H22BrFINO2/c1-15-12-20(22(25)21(24)23(15)26)27(13-16-4-8-18(28-2)9-5-16)14-17-6-10-19(29-3)11-7-17/h4-12H,13-14H2,1-3H3. The molecule has 3 nitrogen and oxygen atoms in total. The number of nitrogens with zero attached hydrogens (tertiary/aromatic N) is 1. The number of halogens is 3. The van der Waals surface area contributed by atoms with Gasteiger partial charge in [0.2, 0.25) is 0 Å². The Morgan fingerprint density at radius 3 is 1.76 bits per heavy atom. The molecule has 0 fully saturated rings. The molecule has 0 N–H and O–H groups in total. The van der Waals surface area contributed by atoms with E-state index in [4.69, 9.17) is 9.47 Å². The van der Waals surface area contributed by atoms with E-state index in [1.165, 1.54) is 0 Å². The number of aryl methyl sites for hydroxylation is 1. The Balaban J connectivity index is 1.98. The van der Waals surface area contributed by atoms with Crippen LogP contribution >= 0.6 is 38.5 Å². The molecule has 3 aromatic rings. The Bertz CT molecular complexity index is 928. The van der Waals surface area contributed by atoms with Crippen molar-refractivity contribution in [3.63, 3.8) is 0 Å². The number of methoxy groups -OCH3 is 2. The lowest BCUT2D eigenvalue weighted by atomic mass is 10.1. The van der Waals surface area contributed by atoms with Crippen LogP contribution in [0.3, 0.4) is 0 Å². The van der Waals surface area contributed by atoms with Gasteiger partial charge in [0.25, 0.3) is 0 Å². The van der Waals surface area contributed by atoms with Gasteiger partial charge in [-0.25, -0.2) is 4.39 Å². The van der Waals surface area contributed by atoms with Gasteiger partial charge in [0.05, 0.1) is 24.4 Å². The van der Waals surface area contributed by atoms with Crippen molar-refractivity contribution in [2.24, 2.45) is 0 Å². The fourth-order valence-electron chi connectivity index (χ4n) is 3.07. The van der Waals surface area contributed by atoms with Crippen LogP contribution in [-0.4, -0.2) is 14.2 Å². The molecule has 0 aromatic heterocycles. The van der Waals surface area contributed by atoms with E-state index in [0.29, 0.717) is 23.2 Å². The average Bonchev–Trinajstić information content (AvgIpc) is 2.75. The van der Waals surface area contributed by atoms with E-state index in [-0.39, 0.29) is 5.82 Å². The van der Waals surface area contributed by atoms with Gasteiger partial charge in [-0.3, -0.25) is 0 Å². The number of ether oxygens (including phenoxy) is 2. The minimum atomic E-state index is -0.248. The van der Waals surface area contributed by atoms with E-state index in [9.17, 15) is 0 Å². The van der Waals surface area contributed by atoms with Crippen LogP contribution in [0.5, 0.6) is 11.5 Å². The summed E-state index contributed by atoms with van der Waals surface area (Å²) in [5, 5.41) is 0. The number of benzene rings is 3. The lowest BCUT2D eigenvalue weighted by molar-refractivity contribution is 0.414. The van der Waals surface area contributed by atoms with E-state index in [2.05, 4.69) is 38.5 Å². The molecule has 0 bridgehead atoms. The molecule has 3 aromatic carbocycles. The van der Waals surface area contributed by atoms with Crippen molar-refractivity contribution in [1.82, 2.24) is 0 Å². The van der Waals surface area contributed by atoms with Crippen LogP contribution in [-0.2, 0) is 13.1 Å². The fourth-order valence-corrected chi connectivity index (χ4v) is 3.98. The molecule has 3 rings (SSSR count). The first-order chi connectivity index (χ1) is 13.9. The molecule has 0 unspecified atom stereocenters. The smallest absolute Gasteiger partial charge is 0.161 e. The Hall–Kier alpha value is -1.80. The number of hydrogen-bond acceptors (Lipinski definition) is 3. The molecular weight excluding hydrogens is 548 g/mol. The monoisotopic (exact) mass is 569 g/mol. The molecule has 152 valence electrons. The zero-order valence-electron chi connectivity index (χ0n) is 16.5. The Kier molecular flexibility index (Phi) is 7.40. The van der Waals surface area contributed by atoms with Gasteiger partial charge in [-0.05, 0) is 92.5 Å². The first-order valence-corrected chi connectivity index (χ1v) is 10.9. The quantitative estimate of drug-likeness (QED) is 0.233. The van der Waals surface area contributed by atoms with E-state index < -0.39 is 0 Å². The van der Waals surface area contributed by atoms with E-state index in [1.54, 1.807) is 14.2 Å².